The first kappa shape index (κ1) is 19.1. The largest absolute Gasteiger partial charge is 0.466 e. The maximum Gasteiger partial charge on any atom is 0.330 e. The zero-order valence-corrected chi connectivity index (χ0v) is 17.8. The monoisotopic (exact) mass is 434 g/mol. The minimum atomic E-state index is -0.324. The van der Waals surface area contributed by atoms with Crippen molar-refractivity contribution in [3.63, 3.8) is 0 Å². The summed E-state index contributed by atoms with van der Waals surface area (Å²) in [5, 5.41) is 0. The highest BCUT2D eigenvalue weighted by Gasteiger charge is 2.61. The second kappa shape index (κ2) is 6.40. The van der Waals surface area contributed by atoms with E-state index < -0.39 is 0 Å². The number of hydrogen-bond acceptors (Lipinski definition) is 4. The van der Waals surface area contributed by atoms with Crippen molar-refractivity contribution < 1.29 is 19.1 Å². The van der Waals surface area contributed by atoms with Crippen LogP contribution in [0.2, 0.25) is 0 Å². The number of esters is 1. The number of hydrogen-bond donors (Lipinski definition) is 0. The molecule has 0 aliphatic heterocycles. The Balaban J connectivity index is 1.72. The van der Waals surface area contributed by atoms with Crippen LogP contribution in [0.15, 0.2) is 23.3 Å². The molecule has 0 aromatic heterocycles. The molecule has 1 unspecified atom stereocenters. The van der Waals surface area contributed by atoms with Crippen molar-refractivity contribution in [1.29, 1.82) is 0 Å². The number of Topliss-reactive ketones (excluding diaryl/α,β-unsaturated/α-hetero) is 1. The van der Waals surface area contributed by atoms with Gasteiger partial charge in [0.2, 0.25) is 0 Å². The van der Waals surface area contributed by atoms with Gasteiger partial charge >= 0.3 is 5.97 Å². The molecule has 0 aromatic carbocycles. The van der Waals surface area contributed by atoms with Crippen LogP contribution in [0.5, 0.6) is 0 Å². The van der Waals surface area contributed by atoms with Crippen molar-refractivity contribution in [1.82, 2.24) is 0 Å². The van der Waals surface area contributed by atoms with Crippen LogP contribution in [-0.4, -0.2) is 29.5 Å². The van der Waals surface area contributed by atoms with Crippen LogP contribution in [0.4, 0.5) is 0 Å². The molecule has 3 saturated carbocycles. The van der Waals surface area contributed by atoms with Gasteiger partial charge in [-0.05, 0) is 55.4 Å². The fourth-order valence-electron chi connectivity index (χ4n) is 6.70. The van der Waals surface area contributed by atoms with Crippen LogP contribution >= 0.6 is 15.9 Å². The third-order valence-corrected chi connectivity index (χ3v) is 8.77. The van der Waals surface area contributed by atoms with Crippen molar-refractivity contribution >= 4 is 33.5 Å². The Morgan fingerprint density at radius 1 is 1.22 bits per heavy atom. The summed E-state index contributed by atoms with van der Waals surface area (Å²) < 4.78 is 4.83. The number of halogens is 1. The number of ketones is 2. The van der Waals surface area contributed by atoms with Gasteiger partial charge in [-0.2, -0.15) is 0 Å². The molecule has 0 aromatic rings. The van der Waals surface area contributed by atoms with Gasteiger partial charge < -0.3 is 4.74 Å². The van der Waals surface area contributed by atoms with Crippen molar-refractivity contribution in [3.05, 3.63) is 23.3 Å². The van der Waals surface area contributed by atoms with E-state index in [1.165, 1.54) is 12.7 Å². The van der Waals surface area contributed by atoms with Crippen LogP contribution in [-0.2, 0) is 19.1 Å². The first-order valence-electron chi connectivity index (χ1n) is 9.91. The summed E-state index contributed by atoms with van der Waals surface area (Å²) in [4.78, 5) is 37.3. The molecule has 4 aliphatic rings. The summed E-state index contributed by atoms with van der Waals surface area (Å²) in [6.45, 7) is 4.36. The first-order valence-corrected chi connectivity index (χ1v) is 10.8. The molecular weight excluding hydrogens is 408 g/mol. The Morgan fingerprint density at radius 3 is 2.67 bits per heavy atom. The lowest BCUT2D eigenvalue weighted by Crippen LogP contribution is -2.55. The van der Waals surface area contributed by atoms with E-state index in [-0.39, 0.29) is 33.3 Å². The molecule has 0 saturated heterocycles. The number of methoxy groups -OCH3 is 1. The maximum atomic E-state index is 13.5. The van der Waals surface area contributed by atoms with Gasteiger partial charge in [0.1, 0.15) is 5.78 Å². The zero-order valence-electron chi connectivity index (χ0n) is 16.2. The Hall–Kier alpha value is -1.23. The molecular formula is C22H27BrO4. The molecule has 0 radical (unpaired) electrons. The highest BCUT2D eigenvalue weighted by molar-refractivity contribution is 9.10. The zero-order chi connectivity index (χ0) is 19.6. The molecule has 4 rings (SSSR count). The third-order valence-electron chi connectivity index (χ3n) is 8.00. The van der Waals surface area contributed by atoms with E-state index >= 15 is 0 Å². The van der Waals surface area contributed by atoms with Crippen molar-refractivity contribution in [2.45, 2.75) is 57.2 Å². The number of ether oxygens (including phenoxy) is 1. The van der Waals surface area contributed by atoms with E-state index in [1.54, 1.807) is 12.2 Å². The average Bonchev–Trinajstić information content (AvgIpc) is 2.91. The Bertz CT molecular complexity index is 781. The van der Waals surface area contributed by atoms with Gasteiger partial charge in [0.25, 0.3) is 0 Å². The molecule has 0 spiro atoms. The number of rotatable bonds is 1. The van der Waals surface area contributed by atoms with Gasteiger partial charge in [-0.1, -0.05) is 40.9 Å². The normalized spacial score (nSPS) is 45.0. The number of alkyl halides is 1. The van der Waals surface area contributed by atoms with Gasteiger partial charge in [0.15, 0.2) is 5.78 Å². The fourth-order valence-corrected chi connectivity index (χ4v) is 7.50. The maximum absolute atomic E-state index is 13.5. The predicted octanol–water partition coefficient (Wildman–Crippen LogP) is 4.17. The highest BCUT2D eigenvalue weighted by Crippen LogP contribution is 2.65. The molecule has 0 bridgehead atoms. The molecule has 27 heavy (non-hydrogen) atoms. The van der Waals surface area contributed by atoms with E-state index in [0.29, 0.717) is 30.5 Å². The van der Waals surface area contributed by atoms with Crippen molar-refractivity contribution in [2.75, 3.05) is 7.11 Å². The van der Waals surface area contributed by atoms with E-state index in [1.807, 2.05) is 0 Å². The third kappa shape index (κ3) is 2.72. The van der Waals surface area contributed by atoms with Crippen LogP contribution in [0.1, 0.15) is 52.4 Å². The molecule has 0 amide bonds. The van der Waals surface area contributed by atoms with Crippen LogP contribution in [0, 0.1) is 28.6 Å². The minimum absolute atomic E-state index is 0.0128. The predicted molar refractivity (Wildman–Crippen MR) is 105 cm³/mol. The fraction of sp³-hybridized carbons (Fsp3) is 0.682. The molecule has 0 N–H and O–H groups in total. The van der Waals surface area contributed by atoms with Crippen molar-refractivity contribution in [2.24, 2.45) is 28.6 Å². The van der Waals surface area contributed by atoms with Crippen LogP contribution in [0.25, 0.3) is 0 Å². The number of carbonyl (C=O) groups excluding carboxylic acids is 3. The number of fused-ring (bicyclic) bond motifs is 5. The van der Waals surface area contributed by atoms with E-state index in [9.17, 15) is 14.4 Å². The number of carbonyl (C=O) groups is 3. The molecule has 4 aliphatic carbocycles. The van der Waals surface area contributed by atoms with E-state index in [0.717, 1.165) is 31.3 Å². The molecule has 3 fully saturated rings. The lowest BCUT2D eigenvalue weighted by atomic mass is 9.47. The van der Waals surface area contributed by atoms with E-state index in [2.05, 4.69) is 29.8 Å². The lowest BCUT2D eigenvalue weighted by Gasteiger charge is -2.56. The van der Waals surface area contributed by atoms with Gasteiger partial charge in [-0.25, -0.2) is 4.79 Å². The van der Waals surface area contributed by atoms with Gasteiger partial charge in [0.05, 0.1) is 11.9 Å². The second-order valence-electron chi connectivity index (χ2n) is 9.24. The molecule has 5 heteroatoms. The SMILES string of the molecule is COC(=O)C=C1CC[C@H]2[C@@H]3CCC4=CC(=O)C(Br)C[C@]4(C)[C@H]3C(=O)C[C@]12C. The van der Waals surface area contributed by atoms with Crippen LogP contribution < -0.4 is 0 Å². The molecule has 4 nitrogen and oxygen atoms in total. The molecule has 0 heterocycles. The van der Waals surface area contributed by atoms with Crippen molar-refractivity contribution in [3.8, 4) is 0 Å². The number of allylic oxidation sites excluding steroid dienone is 2. The second-order valence-corrected chi connectivity index (χ2v) is 10.3. The van der Waals surface area contributed by atoms with Crippen LogP contribution in [0.3, 0.4) is 0 Å². The van der Waals surface area contributed by atoms with Gasteiger partial charge in [-0.3, -0.25) is 9.59 Å². The summed E-state index contributed by atoms with van der Waals surface area (Å²) in [6, 6.07) is 0. The minimum Gasteiger partial charge on any atom is -0.466 e. The summed E-state index contributed by atoms with van der Waals surface area (Å²) in [6.07, 6.45) is 8.38. The quantitative estimate of drug-likeness (QED) is 0.353. The Labute approximate surface area is 168 Å². The molecule has 6 atom stereocenters. The van der Waals surface area contributed by atoms with Gasteiger partial charge in [0, 0.05) is 23.8 Å². The summed E-state index contributed by atoms with van der Waals surface area (Å²) in [7, 11) is 1.40. The topological polar surface area (TPSA) is 60.4 Å². The van der Waals surface area contributed by atoms with Gasteiger partial charge in [-0.15, -0.1) is 0 Å². The summed E-state index contributed by atoms with van der Waals surface area (Å²) in [5.74, 6) is 0.851. The Kier molecular flexibility index (Phi) is 4.53. The lowest BCUT2D eigenvalue weighted by molar-refractivity contribution is -0.142. The average molecular weight is 435 g/mol. The Morgan fingerprint density at radius 2 is 1.96 bits per heavy atom. The smallest absolute Gasteiger partial charge is 0.330 e. The molecule has 146 valence electrons. The van der Waals surface area contributed by atoms with E-state index in [4.69, 9.17) is 4.74 Å². The first-order chi connectivity index (χ1) is 12.7. The summed E-state index contributed by atoms with van der Waals surface area (Å²) >= 11 is 3.53. The highest BCUT2D eigenvalue weighted by atomic mass is 79.9. The standard InChI is InChI=1S/C22H27BrO4/c1-21-11-18(25)20-14(15(21)7-5-13(21)9-19(26)27-3)6-4-12-8-17(24)16(23)10-22(12,20)2/h8-9,14-16,20H,4-7,10-11H2,1-3H3/t14-,15-,16?,20+,21+,22-/m0/s1. The summed E-state index contributed by atoms with van der Waals surface area (Å²) in [5.41, 5.74) is 1.79.